The lowest BCUT2D eigenvalue weighted by molar-refractivity contribution is 0.866. The molecule has 0 aromatic carbocycles. The summed E-state index contributed by atoms with van der Waals surface area (Å²) in [5, 5.41) is 3.82. The fourth-order valence-corrected chi connectivity index (χ4v) is 4.86. The molecule has 0 fully saturated rings. The van der Waals surface area contributed by atoms with Crippen LogP contribution in [0.5, 0.6) is 0 Å². The van der Waals surface area contributed by atoms with Crippen LogP contribution in [0.25, 0.3) is 28.1 Å². The van der Waals surface area contributed by atoms with E-state index >= 15 is 0 Å². The van der Waals surface area contributed by atoms with Gasteiger partial charge in [0.15, 0.2) is 5.65 Å². The van der Waals surface area contributed by atoms with Gasteiger partial charge in [-0.3, -0.25) is 46.6 Å². The topological polar surface area (TPSA) is 185 Å². The summed E-state index contributed by atoms with van der Waals surface area (Å²) in [6.07, 6.45) is 17.7. The molecule has 55 heavy (non-hydrogen) atoms. The first kappa shape index (κ1) is 36.5. The first-order valence-corrected chi connectivity index (χ1v) is 16.4. The van der Waals surface area contributed by atoms with Crippen LogP contribution < -0.4 is 27.8 Å². The Morgan fingerprint density at radius 2 is 0.927 bits per heavy atom. The second kappa shape index (κ2) is 17.8. The molecule has 10 rings (SSSR count). The van der Waals surface area contributed by atoms with E-state index in [2.05, 4.69) is 30.0 Å². The van der Waals surface area contributed by atoms with Gasteiger partial charge in [0.05, 0.1) is 11.7 Å². The molecule has 0 saturated carbocycles. The van der Waals surface area contributed by atoms with Crippen molar-refractivity contribution >= 4 is 28.1 Å². The highest BCUT2D eigenvalue weighted by Gasteiger charge is 1.95. The van der Waals surface area contributed by atoms with Crippen molar-refractivity contribution in [3.63, 3.8) is 0 Å². The van der Waals surface area contributed by atoms with Crippen molar-refractivity contribution in [1.29, 1.82) is 0 Å². The van der Waals surface area contributed by atoms with Crippen molar-refractivity contribution in [3.8, 4) is 0 Å². The molecule has 10 aromatic heterocycles. The summed E-state index contributed by atoms with van der Waals surface area (Å²) in [5.41, 5.74) is 2.68. The van der Waals surface area contributed by atoms with Crippen molar-refractivity contribution < 1.29 is 0 Å². The molecule has 0 bridgehead atoms. The molecular formula is C39H29N11O5. The van der Waals surface area contributed by atoms with Crippen LogP contribution >= 0.6 is 0 Å². The molecule has 0 aliphatic rings. The van der Waals surface area contributed by atoms with Gasteiger partial charge in [0, 0.05) is 97.8 Å². The molecule has 0 radical (unpaired) electrons. The minimum absolute atomic E-state index is 0.0168. The maximum atomic E-state index is 11.1. The zero-order valence-electron chi connectivity index (χ0n) is 28.7. The highest BCUT2D eigenvalue weighted by Crippen LogP contribution is 1.97. The lowest BCUT2D eigenvalue weighted by atomic mass is 10.3. The highest BCUT2D eigenvalue weighted by molar-refractivity contribution is 5.45. The van der Waals surface area contributed by atoms with Gasteiger partial charge in [0.25, 0.3) is 27.8 Å². The van der Waals surface area contributed by atoms with Gasteiger partial charge in [-0.2, -0.15) is 9.61 Å². The van der Waals surface area contributed by atoms with Crippen LogP contribution in [-0.2, 0) is 0 Å². The fraction of sp³-hybridized carbons (Fsp3) is 0. The van der Waals surface area contributed by atoms with Crippen molar-refractivity contribution in [1.82, 2.24) is 52.1 Å². The summed E-state index contributed by atoms with van der Waals surface area (Å²) >= 11 is 0. The minimum Gasteiger partial charge on any atom is -0.284 e. The van der Waals surface area contributed by atoms with Gasteiger partial charge >= 0.3 is 0 Å². The minimum atomic E-state index is -0.157. The van der Waals surface area contributed by atoms with Crippen LogP contribution in [0, 0.1) is 0 Å². The Labute approximate surface area is 308 Å². The van der Waals surface area contributed by atoms with E-state index in [1.807, 2.05) is 30.3 Å². The van der Waals surface area contributed by atoms with Crippen LogP contribution in [0.1, 0.15) is 0 Å². The first-order valence-electron chi connectivity index (χ1n) is 16.4. The van der Waals surface area contributed by atoms with E-state index in [-0.39, 0.29) is 27.8 Å². The number of rotatable bonds is 0. The van der Waals surface area contributed by atoms with Gasteiger partial charge < -0.3 is 0 Å². The van der Waals surface area contributed by atoms with E-state index in [0.29, 0.717) is 17.1 Å². The van der Waals surface area contributed by atoms with E-state index in [4.69, 9.17) is 0 Å². The second-order valence-electron chi connectivity index (χ2n) is 11.0. The van der Waals surface area contributed by atoms with Crippen molar-refractivity contribution in [2.45, 2.75) is 0 Å². The smallest absolute Gasteiger partial charge is 0.274 e. The molecule has 0 aliphatic heterocycles. The molecule has 0 aliphatic carbocycles. The van der Waals surface area contributed by atoms with Crippen molar-refractivity contribution in [2.75, 3.05) is 0 Å². The van der Waals surface area contributed by atoms with Crippen molar-refractivity contribution in [3.05, 3.63) is 229 Å². The monoisotopic (exact) mass is 731 g/mol. The zero-order chi connectivity index (χ0) is 38.4. The third-order valence-electron chi connectivity index (χ3n) is 7.40. The molecule has 0 unspecified atom stereocenters. The molecule has 0 saturated heterocycles. The molecule has 0 amide bonds. The molecule has 0 spiro atoms. The van der Waals surface area contributed by atoms with E-state index in [1.54, 1.807) is 119 Å². The van der Waals surface area contributed by atoms with Gasteiger partial charge in [0.2, 0.25) is 5.78 Å². The molecule has 16 heteroatoms. The molecule has 16 nitrogen and oxygen atoms in total. The number of nitrogens with zero attached hydrogens (tertiary/aromatic N) is 11. The summed E-state index contributed by atoms with van der Waals surface area (Å²) in [4.78, 5) is 75.1. The van der Waals surface area contributed by atoms with Gasteiger partial charge in [-0.15, -0.1) is 0 Å². The lowest BCUT2D eigenvalue weighted by Crippen LogP contribution is -2.14. The maximum Gasteiger partial charge on any atom is 0.274 e. The summed E-state index contributed by atoms with van der Waals surface area (Å²) in [6.45, 7) is 0. The molecular weight excluding hydrogens is 703 g/mol. The van der Waals surface area contributed by atoms with Gasteiger partial charge in [-0.05, 0) is 54.6 Å². The molecule has 0 N–H and O–H groups in total. The van der Waals surface area contributed by atoms with E-state index in [1.165, 1.54) is 50.0 Å². The predicted octanol–water partition coefficient (Wildman–Crippen LogP) is 2.87. The average Bonchev–Trinajstić information content (AvgIpc) is 3.23. The SMILES string of the molecule is O=c1cccc2ccccn12.O=c1cccc2cnccn12.O=c1cccc2ncccn12.O=c1ccnc2cccnn12.O=c1ccnc2ncccn12. The molecule has 270 valence electrons. The van der Waals surface area contributed by atoms with Gasteiger partial charge in [-0.1, -0.05) is 24.3 Å². The quantitative estimate of drug-likeness (QED) is 0.223. The summed E-state index contributed by atoms with van der Waals surface area (Å²) < 4.78 is 7.30. The normalized spacial score (nSPS) is 10.2. The standard InChI is InChI=1S/C9H7NO.2C8H6N2O.2C7H5N3O/c11-9-6-3-5-8-4-1-2-7-10(8)9;11-8-4-1-3-7-9-5-2-6-10(7)8;11-8-3-1-2-7-6-9-4-5-10(7)8;11-6-2-4-9-7-8-3-1-5-10(6)7;11-7-3-5-8-6-2-1-4-9-10(6)7/h1-7H;2*1-6H;2*1-5H. The maximum absolute atomic E-state index is 11.1. The van der Waals surface area contributed by atoms with Crippen LogP contribution in [-0.4, -0.2) is 52.1 Å². The Bertz CT molecular complexity index is 2640. The van der Waals surface area contributed by atoms with E-state index in [9.17, 15) is 24.0 Å². The van der Waals surface area contributed by atoms with E-state index < -0.39 is 0 Å². The Balaban J connectivity index is 0.000000117. The number of hydrogen-bond acceptors (Lipinski definition) is 11. The van der Waals surface area contributed by atoms with Crippen LogP contribution in [0.4, 0.5) is 0 Å². The molecule has 10 aromatic rings. The van der Waals surface area contributed by atoms with E-state index in [0.717, 1.165) is 11.0 Å². The Kier molecular flexibility index (Phi) is 11.8. The third kappa shape index (κ3) is 9.35. The first-order chi connectivity index (χ1) is 26.9. The molecule has 0 atom stereocenters. The fourth-order valence-electron chi connectivity index (χ4n) is 4.86. The number of pyridine rings is 4. The largest absolute Gasteiger partial charge is 0.284 e. The summed E-state index contributed by atoms with van der Waals surface area (Å²) in [5.74, 6) is 0.431. The number of aromatic nitrogens is 11. The Morgan fingerprint density at radius 1 is 0.364 bits per heavy atom. The van der Waals surface area contributed by atoms with Gasteiger partial charge in [0.1, 0.15) is 5.65 Å². The second-order valence-corrected chi connectivity index (χ2v) is 11.0. The predicted molar refractivity (Wildman–Crippen MR) is 205 cm³/mol. The molecule has 10 heterocycles. The highest BCUT2D eigenvalue weighted by atomic mass is 16.1. The third-order valence-corrected chi connectivity index (χ3v) is 7.40. The Hall–Kier alpha value is -8.27. The number of fused-ring (bicyclic) bond motifs is 5. The summed E-state index contributed by atoms with van der Waals surface area (Å²) in [7, 11) is 0. The Morgan fingerprint density at radius 3 is 1.65 bits per heavy atom. The number of hydrogen-bond donors (Lipinski definition) is 0. The zero-order valence-corrected chi connectivity index (χ0v) is 28.7. The van der Waals surface area contributed by atoms with Crippen LogP contribution in [0.2, 0.25) is 0 Å². The van der Waals surface area contributed by atoms with Gasteiger partial charge in [-0.25, -0.2) is 19.9 Å². The lowest BCUT2D eigenvalue weighted by Gasteiger charge is -1.95. The van der Waals surface area contributed by atoms with Crippen molar-refractivity contribution in [2.24, 2.45) is 0 Å². The summed E-state index contributed by atoms with van der Waals surface area (Å²) in [6, 6.07) is 30.6. The van der Waals surface area contributed by atoms with Crippen LogP contribution in [0.3, 0.4) is 0 Å². The van der Waals surface area contributed by atoms with Crippen LogP contribution in [0.15, 0.2) is 201 Å². The average molecular weight is 732 g/mol.